The normalized spacial score (nSPS) is 15.2. The van der Waals surface area contributed by atoms with Crippen LogP contribution in [-0.4, -0.2) is 68.3 Å². The maximum atomic E-state index is 12.5. The van der Waals surface area contributed by atoms with Crippen LogP contribution in [0.15, 0.2) is 4.79 Å². The fourth-order valence-electron chi connectivity index (χ4n) is 3.10. The minimum atomic E-state index is -0.707. The van der Waals surface area contributed by atoms with Crippen molar-refractivity contribution in [2.24, 2.45) is 5.41 Å². The van der Waals surface area contributed by atoms with Gasteiger partial charge in [0.05, 0.1) is 5.41 Å². The summed E-state index contributed by atoms with van der Waals surface area (Å²) in [7, 11) is 0. The highest BCUT2D eigenvalue weighted by Gasteiger charge is 2.29. The Morgan fingerprint density at radius 2 is 1.69 bits per heavy atom. The Balaban J connectivity index is 1.81. The third-order valence-corrected chi connectivity index (χ3v) is 4.91. The van der Waals surface area contributed by atoms with Gasteiger partial charge in [0.15, 0.2) is 18.2 Å². The Kier molecular flexibility index (Phi) is 6.41. The van der Waals surface area contributed by atoms with E-state index in [0.29, 0.717) is 37.5 Å². The lowest BCUT2D eigenvalue weighted by atomic mass is 9.98. The van der Waals surface area contributed by atoms with Gasteiger partial charge in [0.25, 0.3) is 0 Å². The third-order valence-electron chi connectivity index (χ3n) is 4.74. The van der Waals surface area contributed by atoms with E-state index in [0.717, 1.165) is 0 Å². The number of fused-ring (bicyclic) bond motifs is 1. The van der Waals surface area contributed by atoms with Gasteiger partial charge in [-0.1, -0.05) is 0 Å². The first-order valence-corrected chi connectivity index (χ1v) is 10.7. The lowest BCUT2D eigenvalue weighted by Crippen LogP contribution is -2.50. The van der Waals surface area contributed by atoms with Gasteiger partial charge in [-0.05, 0) is 53.1 Å². The Labute approximate surface area is 190 Å². The first-order valence-electron chi connectivity index (χ1n) is 10.3. The molecule has 1 amide bonds. The molecule has 1 saturated heterocycles. The highest BCUT2D eigenvalue weighted by molar-refractivity contribution is 6.28. The molecule has 2 aromatic rings. The van der Waals surface area contributed by atoms with E-state index in [1.54, 1.807) is 25.7 Å². The molecule has 11 nitrogen and oxygen atoms in total. The average Bonchev–Trinajstić information content (AvgIpc) is 2.98. The van der Waals surface area contributed by atoms with Crippen LogP contribution in [0.1, 0.15) is 41.5 Å². The SMILES string of the molecule is CC(C)(C)OC(=O)N1CCN(c2nc(Cl)nc3c2[nH]c(=O)n3COC(=O)C(C)(C)C)CC1. The maximum Gasteiger partial charge on any atom is 0.410 e. The average molecular weight is 469 g/mol. The molecular formula is C20H29ClN6O5. The number of nitrogens with one attached hydrogen (secondary N) is 1. The van der Waals surface area contributed by atoms with Gasteiger partial charge in [-0.25, -0.2) is 14.2 Å². The van der Waals surface area contributed by atoms with Crippen LogP contribution in [0.5, 0.6) is 0 Å². The summed E-state index contributed by atoms with van der Waals surface area (Å²) in [6.45, 7) is 12.1. The van der Waals surface area contributed by atoms with Crippen molar-refractivity contribution in [1.82, 2.24) is 24.4 Å². The van der Waals surface area contributed by atoms with Crippen molar-refractivity contribution in [3.63, 3.8) is 0 Å². The van der Waals surface area contributed by atoms with Crippen molar-refractivity contribution in [1.29, 1.82) is 0 Å². The summed E-state index contributed by atoms with van der Waals surface area (Å²) in [5, 5.41) is -0.0445. The van der Waals surface area contributed by atoms with Gasteiger partial charge in [0.1, 0.15) is 11.1 Å². The monoisotopic (exact) mass is 468 g/mol. The Bertz CT molecular complexity index is 1070. The number of esters is 1. The molecule has 0 saturated carbocycles. The van der Waals surface area contributed by atoms with E-state index >= 15 is 0 Å². The van der Waals surface area contributed by atoms with Gasteiger partial charge in [0, 0.05) is 26.2 Å². The molecule has 176 valence electrons. The molecule has 0 unspecified atom stereocenters. The first-order chi connectivity index (χ1) is 14.8. The van der Waals surface area contributed by atoms with E-state index in [1.807, 2.05) is 25.7 Å². The summed E-state index contributed by atoms with van der Waals surface area (Å²) in [6, 6.07) is 0. The molecule has 0 aromatic carbocycles. The zero-order valence-electron chi connectivity index (χ0n) is 19.2. The number of aromatic nitrogens is 4. The van der Waals surface area contributed by atoms with Gasteiger partial charge in [-0.2, -0.15) is 9.97 Å². The van der Waals surface area contributed by atoms with E-state index in [1.165, 1.54) is 4.57 Å². The van der Waals surface area contributed by atoms with Crippen LogP contribution in [0.4, 0.5) is 10.6 Å². The topological polar surface area (TPSA) is 123 Å². The number of imidazole rings is 1. The van der Waals surface area contributed by atoms with Crippen LogP contribution < -0.4 is 10.6 Å². The molecule has 0 radical (unpaired) electrons. The van der Waals surface area contributed by atoms with Gasteiger partial charge in [0.2, 0.25) is 5.28 Å². The molecular weight excluding hydrogens is 440 g/mol. The van der Waals surface area contributed by atoms with Crippen LogP contribution in [0.3, 0.4) is 0 Å². The summed E-state index contributed by atoms with van der Waals surface area (Å²) in [5.41, 5.74) is -1.15. The number of hydrogen-bond acceptors (Lipinski definition) is 8. The zero-order chi connectivity index (χ0) is 23.8. The molecule has 1 aliphatic heterocycles. The maximum absolute atomic E-state index is 12.5. The molecule has 3 rings (SSSR count). The van der Waals surface area contributed by atoms with Gasteiger partial charge in [-0.15, -0.1) is 0 Å². The van der Waals surface area contributed by atoms with E-state index in [2.05, 4.69) is 15.0 Å². The standard InChI is InChI=1S/C20H29ClN6O5/c1-19(2,3)15(28)31-11-27-14-12(22-17(27)29)13(23-16(21)24-14)25-7-9-26(10-8-25)18(30)32-20(4,5)6/h7-11H2,1-6H3,(H,22,29). The number of rotatable bonds is 3. The van der Waals surface area contributed by atoms with Crippen molar-refractivity contribution in [2.75, 3.05) is 31.1 Å². The third kappa shape index (κ3) is 5.32. The lowest BCUT2D eigenvalue weighted by molar-refractivity contribution is -0.156. The predicted octanol–water partition coefficient (Wildman–Crippen LogP) is 2.38. The van der Waals surface area contributed by atoms with Crippen LogP contribution in [0.2, 0.25) is 5.28 Å². The van der Waals surface area contributed by atoms with E-state index in [-0.39, 0.29) is 23.8 Å². The quantitative estimate of drug-likeness (QED) is 0.538. The highest BCUT2D eigenvalue weighted by Crippen LogP contribution is 2.25. The lowest BCUT2D eigenvalue weighted by Gasteiger charge is -2.36. The van der Waals surface area contributed by atoms with Gasteiger partial charge < -0.3 is 24.3 Å². The molecule has 12 heteroatoms. The Morgan fingerprint density at radius 1 is 1.06 bits per heavy atom. The van der Waals surface area contributed by atoms with Crippen molar-refractivity contribution in [2.45, 2.75) is 53.9 Å². The van der Waals surface area contributed by atoms with Crippen molar-refractivity contribution in [3.8, 4) is 0 Å². The summed E-state index contributed by atoms with van der Waals surface area (Å²) in [5.74, 6) is -0.000715. The van der Waals surface area contributed by atoms with E-state index in [9.17, 15) is 14.4 Å². The molecule has 0 bridgehead atoms. The largest absolute Gasteiger partial charge is 0.444 e. The van der Waals surface area contributed by atoms with E-state index < -0.39 is 22.7 Å². The molecule has 32 heavy (non-hydrogen) atoms. The first kappa shape index (κ1) is 23.8. The number of aromatic amines is 1. The second-order valence-electron chi connectivity index (χ2n) is 9.64. The summed E-state index contributed by atoms with van der Waals surface area (Å²) < 4.78 is 11.9. The van der Waals surface area contributed by atoms with Gasteiger partial charge in [-0.3, -0.25) is 4.79 Å². The number of halogens is 1. The van der Waals surface area contributed by atoms with Gasteiger partial charge >= 0.3 is 17.8 Å². The number of carbonyl (C=O) groups is 2. The number of nitrogens with zero attached hydrogens (tertiary/aromatic N) is 5. The fraction of sp³-hybridized carbons (Fsp3) is 0.650. The number of hydrogen-bond donors (Lipinski definition) is 1. The fourth-order valence-corrected chi connectivity index (χ4v) is 3.26. The van der Waals surface area contributed by atoms with Crippen LogP contribution in [-0.2, 0) is 21.0 Å². The molecule has 0 aliphatic carbocycles. The second kappa shape index (κ2) is 8.61. The zero-order valence-corrected chi connectivity index (χ0v) is 19.9. The summed E-state index contributed by atoms with van der Waals surface area (Å²) in [6.07, 6.45) is -0.372. The van der Waals surface area contributed by atoms with E-state index in [4.69, 9.17) is 21.1 Å². The van der Waals surface area contributed by atoms with Crippen molar-refractivity contribution >= 4 is 40.6 Å². The molecule has 0 atom stereocenters. The van der Waals surface area contributed by atoms with Crippen LogP contribution in [0, 0.1) is 5.41 Å². The Morgan fingerprint density at radius 3 is 2.25 bits per heavy atom. The summed E-state index contributed by atoms with van der Waals surface area (Å²) in [4.78, 5) is 51.7. The van der Waals surface area contributed by atoms with Crippen molar-refractivity contribution in [3.05, 3.63) is 15.8 Å². The number of ether oxygens (including phenoxy) is 2. The molecule has 1 fully saturated rings. The van der Waals surface area contributed by atoms with Crippen LogP contribution in [0.25, 0.3) is 11.2 Å². The minimum absolute atomic E-state index is 0.0445. The molecule has 1 N–H and O–H groups in total. The Hall–Kier alpha value is -2.82. The number of carbonyl (C=O) groups excluding carboxylic acids is 2. The highest BCUT2D eigenvalue weighted by atomic mass is 35.5. The number of amides is 1. The molecule has 3 heterocycles. The number of piperazine rings is 1. The number of H-pyrrole nitrogens is 1. The predicted molar refractivity (Wildman–Crippen MR) is 119 cm³/mol. The number of anilines is 1. The second-order valence-corrected chi connectivity index (χ2v) is 9.98. The summed E-state index contributed by atoms with van der Waals surface area (Å²) >= 11 is 6.14. The van der Waals surface area contributed by atoms with Crippen LogP contribution >= 0.6 is 11.6 Å². The molecule has 0 spiro atoms. The molecule has 2 aromatic heterocycles. The molecule has 1 aliphatic rings. The minimum Gasteiger partial charge on any atom is -0.444 e. The smallest absolute Gasteiger partial charge is 0.410 e. The van der Waals surface area contributed by atoms with Crippen molar-refractivity contribution < 1.29 is 19.1 Å².